The number of hydrogen-bond donors (Lipinski definition) is 0. The lowest BCUT2D eigenvalue weighted by Crippen LogP contribution is -2.28. The van der Waals surface area contributed by atoms with Gasteiger partial charge in [-0.05, 0) is 34.1 Å². The highest BCUT2D eigenvalue weighted by Gasteiger charge is 2.48. The second-order valence-electron chi connectivity index (χ2n) is 3.80. The molecule has 0 atom stereocenters. The summed E-state index contributed by atoms with van der Waals surface area (Å²) >= 11 is 3.10. The van der Waals surface area contributed by atoms with Gasteiger partial charge in [0.2, 0.25) is 0 Å². The Hall–Kier alpha value is -1.68. The third-order valence-corrected chi connectivity index (χ3v) is 3.83. The van der Waals surface area contributed by atoms with Crippen LogP contribution in [0.3, 0.4) is 0 Å². The standard InChI is InChI=1S/C11H5BrF3NO4S/c12-6-3-7-8(5-17)10(2-1-9(7)16-4-6)20-21(18,19)11(13,14)15/h1-5H. The number of halogens is 4. The van der Waals surface area contributed by atoms with Gasteiger partial charge in [-0.3, -0.25) is 9.78 Å². The molecule has 1 heterocycles. The van der Waals surface area contributed by atoms with Crippen molar-refractivity contribution in [1.82, 2.24) is 4.98 Å². The van der Waals surface area contributed by atoms with Crippen molar-refractivity contribution in [2.45, 2.75) is 5.51 Å². The number of benzene rings is 1. The molecule has 112 valence electrons. The van der Waals surface area contributed by atoms with Crippen molar-refractivity contribution >= 4 is 43.2 Å². The molecule has 0 aliphatic heterocycles. The highest BCUT2D eigenvalue weighted by atomic mass is 79.9. The van der Waals surface area contributed by atoms with Crippen LogP contribution in [0.15, 0.2) is 28.9 Å². The van der Waals surface area contributed by atoms with Gasteiger partial charge < -0.3 is 4.18 Å². The molecule has 0 bridgehead atoms. The predicted molar refractivity (Wildman–Crippen MR) is 70.4 cm³/mol. The molecule has 21 heavy (non-hydrogen) atoms. The number of alkyl halides is 3. The van der Waals surface area contributed by atoms with E-state index in [1.165, 1.54) is 18.3 Å². The van der Waals surface area contributed by atoms with E-state index in [4.69, 9.17) is 0 Å². The molecular weight excluding hydrogens is 379 g/mol. The van der Waals surface area contributed by atoms with Crippen molar-refractivity contribution < 1.29 is 30.6 Å². The highest BCUT2D eigenvalue weighted by Crippen LogP contribution is 2.32. The molecule has 1 aromatic heterocycles. The third kappa shape index (κ3) is 3.00. The summed E-state index contributed by atoms with van der Waals surface area (Å²) in [7, 11) is -5.85. The molecule has 0 aliphatic carbocycles. The Balaban J connectivity index is 2.63. The number of nitrogens with zero attached hydrogens (tertiary/aromatic N) is 1. The van der Waals surface area contributed by atoms with Gasteiger partial charge in [-0.1, -0.05) is 0 Å². The van der Waals surface area contributed by atoms with Crippen LogP contribution >= 0.6 is 15.9 Å². The molecule has 1 aromatic carbocycles. The Morgan fingerprint density at radius 1 is 1.29 bits per heavy atom. The van der Waals surface area contributed by atoms with Gasteiger partial charge in [0.05, 0.1) is 11.1 Å². The summed E-state index contributed by atoms with van der Waals surface area (Å²) in [5.41, 5.74) is -5.62. The van der Waals surface area contributed by atoms with E-state index in [0.717, 1.165) is 6.07 Å². The smallest absolute Gasteiger partial charge is 0.375 e. The Labute approximate surface area is 125 Å². The van der Waals surface area contributed by atoms with Crippen LogP contribution in [-0.4, -0.2) is 25.2 Å². The minimum Gasteiger partial charge on any atom is -0.375 e. The van der Waals surface area contributed by atoms with Gasteiger partial charge in [0, 0.05) is 16.1 Å². The van der Waals surface area contributed by atoms with E-state index in [1.807, 2.05) is 0 Å². The number of hydrogen-bond acceptors (Lipinski definition) is 5. The van der Waals surface area contributed by atoms with Crippen molar-refractivity contribution in [3.05, 3.63) is 34.4 Å². The van der Waals surface area contributed by atoms with Gasteiger partial charge >= 0.3 is 15.6 Å². The number of rotatable bonds is 3. The topological polar surface area (TPSA) is 73.3 Å². The minimum atomic E-state index is -5.85. The molecule has 0 unspecified atom stereocenters. The normalized spacial score (nSPS) is 12.4. The summed E-state index contributed by atoms with van der Waals surface area (Å²) in [6.45, 7) is 0. The molecule has 0 radical (unpaired) electrons. The van der Waals surface area contributed by atoms with Crippen LogP contribution in [0.4, 0.5) is 13.2 Å². The number of aromatic nitrogens is 1. The van der Waals surface area contributed by atoms with Crippen molar-refractivity contribution in [3.63, 3.8) is 0 Å². The average molecular weight is 384 g/mol. The van der Waals surface area contributed by atoms with E-state index >= 15 is 0 Å². The SMILES string of the molecule is O=Cc1c(OS(=O)(=O)C(F)(F)F)ccc2ncc(Br)cc12. The summed E-state index contributed by atoms with van der Waals surface area (Å²) in [5.74, 6) is -0.713. The maximum absolute atomic E-state index is 12.3. The number of carbonyl (C=O) groups excluding carboxylic acids is 1. The lowest BCUT2D eigenvalue weighted by atomic mass is 10.1. The summed E-state index contributed by atoms with van der Waals surface area (Å²) in [6.07, 6.45) is 1.63. The van der Waals surface area contributed by atoms with Crippen molar-refractivity contribution in [1.29, 1.82) is 0 Å². The first kappa shape index (κ1) is 15.7. The van der Waals surface area contributed by atoms with Crippen LogP contribution in [0, 0.1) is 0 Å². The van der Waals surface area contributed by atoms with Crippen molar-refractivity contribution in [2.75, 3.05) is 0 Å². The second-order valence-corrected chi connectivity index (χ2v) is 6.25. The lowest BCUT2D eigenvalue weighted by molar-refractivity contribution is -0.0500. The maximum Gasteiger partial charge on any atom is 0.534 e. The zero-order valence-electron chi connectivity index (χ0n) is 9.89. The van der Waals surface area contributed by atoms with E-state index < -0.39 is 21.4 Å². The zero-order valence-corrected chi connectivity index (χ0v) is 12.3. The Bertz CT molecular complexity index is 820. The fourth-order valence-electron chi connectivity index (χ4n) is 1.54. The fraction of sp³-hybridized carbons (Fsp3) is 0.0909. The summed E-state index contributed by atoms with van der Waals surface area (Å²) in [6, 6.07) is 3.60. The van der Waals surface area contributed by atoms with Gasteiger partial charge in [0.25, 0.3) is 0 Å². The monoisotopic (exact) mass is 383 g/mol. The molecule has 0 saturated heterocycles. The molecule has 5 nitrogen and oxygen atoms in total. The molecule has 0 amide bonds. The Kier molecular flexibility index (Phi) is 3.93. The molecule has 0 aliphatic rings. The third-order valence-electron chi connectivity index (χ3n) is 2.43. The molecule has 0 spiro atoms. The first-order chi connectivity index (χ1) is 9.65. The summed E-state index contributed by atoms with van der Waals surface area (Å²) in [5, 5.41) is 0.161. The van der Waals surface area contributed by atoms with Gasteiger partial charge in [0.15, 0.2) is 12.0 Å². The molecule has 10 heteroatoms. The van der Waals surface area contributed by atoms with Crippen LogP contribution < -0.4 is 4.18 Å². The Morgan fingerprint density at radius 3 is 2.52 bits per heavy atom. The average Bonchev–Trinajstić information content (AvgIpc) is 2.36. The van der Waals surface area contributed by atoms with Crippen molar-refractivity contribution in [2.24, 2.45) is 0 Å². The minimum absolute atomic E-state index is 0.161. The van der Waals surface area contributed by atoms with Crippen LogP contribution in [0.1, 0.15) is 10.4 Å². The van der Waals surface area contributed by atoms with Crippen molar-refractivity contribution in [3.8, 4) is 5.75 Å². The van der Waals surface area contributed by atoms with Gasteiger partial charge in [-0.25, -0.2) is 0 Å². The molecule has 0 saturated carbocycles. The number of carbonyl (C=O) groups is 1. The predicted octanol–water partition coefficient (Wildman–Crippen LogP) is 3.04. The van der Waals surface area contributed by atoms with E-state index in [2.05, 4.69) is 25.1 Å². The maximum atomic E-state index is 12.3. The fourth-order valence-corrected chi connectivity index (χ4v) is 2.34. The Morgan fingerprint density at radius 2 is 1.95 bits per heavy atom. The van der Waals surface area contributed by atoms with Gasteiger partial charge in [0.1, 0.15) is 0 Å². The summed E-state index contributed by atoms with van der Waals surface area (Å²) in [4.78, 5) is 15.0. The van der Waals surface area contributed by atoms with E-state index in [0.29, 0.717) is 9.99 Å². The van der Waals surface area contributed by atoms with Gasteiger partial charge in [-0.2, -0.15) is 21.6 Å². The molecule has 2 rings (SSSR count). The molecule has 0 fully saturated rings. The molecule has 2 aromatic rings. The largest absolute Gasteiger partial charge is 0.534 e. The molecule has 0 N–H and O–H groups in total. The quantitative estimate of drug-likeness (QED) is 0.462. The zero-order chi connectivity index (χ0) is 15.8. The van der Waals surface area contributed by atoms with Crippen LogP contribution in [0.25, 0.3) is 10.9 Å². The second kappa shape index (κ2) is 5.26. The first-order valence-electron chi connectivity index (χ1n) is 5.20. The number of aldehydes is 1. The van der Waals surface area contributed by atoms with E-state index in [9.17, 15) is 26.4 Å². The first-order valence-corrected chi connectivity index (χ1v) is 7.40. The van der Waals surface area contributed by atoms with Crippen LogP contribution in [-0.2, 0) is 10.1 Å². The summed E-state index contributed by atoms with van der Waals surface area (Å²) < 4.78 is 63.4. The van der Waals surface area contributed by atoms with Crippen LogP contribution in [0.5, 0.6) is 5.75 Å². The molecular formula is C11H5BrF3NO4S. The van der Waals surface area contributed by atoms with E-state index in [-0.39, 0.29) is 17.2 Å². The van der Waals surface area contributed by atoms with E-state index in [1.54, 1.807) is 0 Å². The van der Waals surface area contributed by atoms with Gasteiger partial charge in [-0.15, -0.1) is 0 Å². The van der Waals surface area contributed by atoms with Crippen LogP contribution in [0.2, 0.25) is 0 Å². The highest BCUT2D eigenvalue weighted by molar-refractivity contribution is 9.10. The number of pyridine rings is 1. The number of fused-ring (bicyclic) bond motifs is 1. The lowest BCUT2D eigenvalue weighted by Gasteiger charge is -2.12.